The number of hydrogen-bond donors (Lipinski definition) is 0. The van der Waals surface area contributed by atoms with E-state index in [1.807, 2.05) is 37.3 Å². The Morgan fingerprint density at radius 3 is 2.61 bits per heavy atom. The van der Waals surface area contributed by atoms with Crippen molar-refractivity contribution in [3.63, 3.8) is 0 Å². The first kappa shape index (κ1) is 15.8. The van der Waals surface area contributed by atoms with E-state index in [9.17, 15) is 4.79 Å². The van der Waals surface area contributed by atoms with Crippen LogP contribution in [0.2, 0.25) is 10.0 Å². The summed E-state index contributed by atoms with van der Waals surface area (Å²) in [5, 5.41) is 5.22. The molecule has 0 fully saturated rings. The number of nitrogens with zero attached hydrogens (tertiary/aromatic N) is 3. The molecule has 23 heavy (non-hydrogen) atoms. The van der Waals surface area contributed by atoms with Crippen LogP contribution in [-0.4, -0.2) is 27.5 Å². The number of amides is 1. The highest BCUT2D eigenvalue weighted by Crippen LogP contribution is 2.25. The lowest BCUT2D eigenvalue weighted by Crippen LogP contribution is -2.30. The van der Waals surface area contributed by atoms with Crippen LogP contribution in [-0.2, 0) is 0 Å². The van der Waals surface area contributed by atoms with Gasteiger partial charge in [-0.3, -0.25) is 4.79 Å². The van der Waals surface area contributed by atoms with E-state index < -0.39 is 0 Å². The quantitative estimate of drug-likeness (QED) is 0.700. The first-order valence-electron chi connectivity index (χ1n) is 7.14. The first-order valence-corrected chi connectivity index (χ1v) is 7.89. The zero-order chi connectivity index (χ0) is 16.6. The van der Waals surface area contributed by atoms with Crippen LogP contribution < -0.4 is 0 Å². The van der Waals surface area contributed by atoms with Gasteiger partial charge in [0.25, 0.3) is 5.91 Å². The molecule has 0 bridgehead atoms. The normalized spacial score (nSPS) is 12.3. The van der Waals surface area contributed by atoms with Crippen LogP contribution in [0.4, 0.5) is 0 Å². The minimum atomic E-state index is -0.169. The summed E-state index contributed by atoms with van der Waals surface area (Å²) in [5.74, 6) is -0.169. The maximum Gasteiger partial charge on any atom is 0.274 e. The summed E-state index contributed by atoms with van der Waals surface area (Å²) in [6.07, 6.45) is 1.63. The number of aromatic nitrogens is 2. The molecule has 4 nitrogen and oxygen atoms in total. The molecule has 0 saturated carbocycles. The van der Waals surface area contributed by atoms with E-state index in [0.717, 1.165) is 5.56 Å². The third-order valence-corrected chi connectivity index (χ3v) is 4.40. The summed E-state index contributed by atoms with van der Waals surface area (Å²) in [5.41, 5.74) is 2.05. The number of benzene rings is 1. The molecule has 3 aromatic rings. The van der Waals surface area contributed by atoms with Gasteiger partial charge < -0.3 is 4.90 Å². The molecular weight excluding hydrogens is 333 g/mol. The van der Waals surface area contributed by atoms with Gasteiger partial charge in [-0.25, -0.2) is 4.52 Å². The van der Waals surface area contributed by atoms with E-state index >= 15 is 0 Å². The maximum atomic E-state index is 12.7. The van der Waals surface area contributed by atoms with Gasteiger partial charge in [0.05, 0.1) is 21.6 Å². The Hall–Kier alpha value is -2.04. The Morgan fingerprint density at radius 2 is 1.91 bits per heavy atom. The summed E-state index contributed by atoms with van der Waals surface area (Å²) in [4.78, 5) is 14.4. The predicted molar refractivity (Wildman–Crippen MR) is 92.2 cm³/mol. The highest BCUT2D eigenvalue weighted by Gasteiger charge is 2.21. The van der Waals surface area contributed by atoms with Gasteiger partial charge >= 0.3 is 0 Å². The van der Waals surface area contributed by atoms with Gasteiger partial charge in [-0.1, -0.05) is 53.5 Å². The lowest BCUT2D eigenvalue weighted by Gasteiger charge is -2.24. The fraction of sp³-hybridized carbons (Fsp3) is 0.176. The molecule has 0 aliphatic rings. The van der Waals surface area contributed by atoms with Crippen molar-refractivity contribution in [2.24, 2.45) is 0 Å². The second kappa shape index (κ2) is 6.22. The van der Waals surface area contributed by atoms with Crippen molar-refractivity contribution in [2.45, 2.75) is 13.0 Å². The molecule has 0 spiro atoms. The maximum absolute atomic E-state index is 12.7. The fourth-order valence-corrected chi connectivity index (χ4v) is 2.95. The number of fused-ring (bicyclic) bond motifs is 1. The van der Waals surface area contributed by atoms with Gasteiger partial charge in [-0.2, -0.15) is 5.10 Å². The van der Waals surface area contributed by atoms with Crippen LogP contribution in [0.15, 0.2) is 48.7 Å². The molecule has 0 radical (unpaired) electrons. The van der Waals surface area contributed by atoms with Crippen LogP contribution in [0.25, 0.3) is 5.52 Å². The SMILES string of the molecule is CC(c1ccccc1)N(C)C(=O)c1cc2c(Cl)cc(Cl)cn2n1. The van der Waals surface area contributed by atoms with Crippen molar-refractivity contribution in [1.29, 1.82) is 0 Å². The summed E-state index contributed by atoms with van der Waals surface area (Å²) in [6.45, 7) is 1.98. The zero-order valence-corrected chi connectivity index (χ0v) is 14.2. The average Bonchev–Trinajstić information content (AvgIpc) is 2.98. The van der Waals surface area contributed by atoms with Crippen molar-refractivity contribution in [3.8, 4) is 0 Å². The van der Waals surface area contributed by atoms with Gasteiger partial charge in [0.1, 0.15) is 0 Å². The van der Waals surface area contributed by atoms with Crippen LogP contribution in [0, 0.1) is 0 Å². The Labute approximate surface area is 144 Å². The topological polar surface area (TPSA) is 37.6 Å². The molecule has 6 heteroatoms. The molecule has 1 unspecified atom stereocenters. The Bertz CT molecular complexity index is 861. The van der Waals surface area contributed by atoms with E-state index in [2.05, 4.69) is 5.10 Å². The number of pyridine rings is 1. The van der Waals surface area contributed by atoms with Crippen molar-refractivity contribution >= 4 is 34.6 Å². The van der Waals surface area contributed by atoms with Crippen molar-refractivity contribution in [3.05, 3.63) is 70.0 Å². The summed E-state index contributed by atoms with van der Waals surface area (Å²) < 4.78 is 1.53. The van der Waals surface area contributed by atoms with Gasteiger partial charge in [-0.15, -0.1) is 0 Å². The highest BCUT2D eigenvalue weighted by molar-refractivity contribution is 6.36. The lowest BCUT2D eigenvalue weighted by molar-refractivity contribution is 0.0736. The lowest BCUT2D eigenvalue weighted by atomic mass is 10.1. The minimum absolute atomic E-state index is 0.0624. The summed E-state index contributed by atoms with van der Waals surface area (Å²) >= 11 is 12.1. The zero-order valence-electron chi connectivity index (χ0n) is 12.7. The van der Waals surface area contributed by atoms with E-state index in [4.69, 9.17) is 23.2 Å². The minimum Gasteiger partial charge on any atom is -0.334 e. The number of hydrogen-bond acceptors (Lipinski definition) is 2. The standard InChI is InChI=1S/C17H15Cl2N3O/c1-11(12-6-4-3-5-7-12)21(2)17(23)15-9-16-14(19)8-13(18)10-22(16)20-15/h3-11H,1-2H3. The van der Waals surface area contributed by atoms with Crippen molar-refractivity contribution < 1.29 is 4.79 Å². The number of carbonyl (C=O) groups is 1. The second-order valence-electron chi connectivity index (χ2n) is 5.37. The summed E-state index contributed by atoms with van der Waals surface area (Å²) in [7, 11) is 1.76. The Balaban J connectivity index is 1.92. The van der Waals surface area contributed by atoms with Crippen LogP contribution in [0.1, 0.15) is 29.0 Å². The van der Waals surface area contributed by atoms with Crippen LogP contribution >= 0.6 is 23.2 Å². The van der Waals surface area contributed by atoms with Crippen LogP contribution in [0.3, 0.4) is 0 Å². The fourth-order valence-electron chi connectivity index (χ4n) is 2.44. The van der Waals surface area contributed by atoms with E-state index in [1.54, 1.807) is 30.3 Å². The first-order chi connectivity index (χ1) is 11.0. The molecule has 3 rings (SSSR count). The molecule has 0 N–H and O–H groups in total. The molecule has 2 aromatic heterocycles. The molecule has 1 amide bonds. The smallest absolute Gasteiger partial charge is 0.274 e. The van der Waals surface area contributed by atoms with E-state index in [0.29, 0.717) is 21.3 Å². The molecule has 0 aliphatic heterocycles. The molecule has 0 saturated heterocycles. The van der Waals surface area contributed by atoms with Crippen molar-refractivity contribution in [1.82, 2.24) is 14.5 Å². The number of rotatable bonds is 3. The largest absolute Gasteiger partial charge is 0.334 e. The van der Waals surface area contributed by atoms with E-state index in [-0.39, 0.29) is 11.9 Å². The average molecular weight is 348 g/mol. The molecule has 1 atom stereocenters. The Kier molecular flexibility index (Phi) is 4.28. The number of carbonyl (C=O) groups excluding carboxylic acids is 1. The van der Waals surface area contributed by atoms with Gasteiger partial charge in [0.2, 0.25) is 0 Å². The molecular formula is C17H15Cl2N3O. The van der Waals surface area contributed by atoms with Crippen LogP contribution in [0.5, 0.6) is 0 Å². The number of halogens is 2. The third kappa shape index (κ3) is 3.05. The predicted octanol–water partition coefficient (Wildman–Crippen LogP) is 4.47. The molecule has 1 aromatic carbocycles. The second-order valence-corrected chi connectivity index (χ2v) is 6.21. The summed E-state index contributed by atoms with van der Waals surface area (Å²) in [6, 6.07) is 13.1. The van der Waals surface area contributed by atoms with Gasteiger partial charge in [0.15, 0.2) is 5.69 Å². The van der Waals surface area contributed by atoms with E-state index in [1.165, 1.54) is 4.52 Å². The Morgan fingerprint density at radius 1 is 1.22 bits per heavy atom. The monoisotopic (exact) mass is 347 g/mol. The highest BCUT2D eigenvalue weighted by atomic mass is 35.5. The van der Waals surface area contributed by atoms with Gasteiger partial charge in [-0.05, 0) is 24.6 Å². The van der Waals surface area contributed by atoms with Crippen molar-refractivity contribution in [2.75, 3.05) is 7.05 Å². The molecule has 118 valence electrons. The van der Waals surface area contributed by atoms with Gasteiger partial charge in [0, 0.05) is 13.2 Å². The molecule has 2 heterocycles. The third-order valence-electron chi connectivity index (χ3n) is 3.89. The molecule has 0 aliphatic carbocycles.